The van der Waals surface area contributed by atoms with E-state index in [1.165, 1.54) is 11.1 Å². The molecule has 3 aromatic carbocycles. The first-order valence-corrected chi connectivity index (χ1v) is 13.5. The fourth-order valence-electron chi connectivity index (χ4n) is 5.29. The van der Waals surface area contributed by atoms with Gasteiger partial charge in [-0.2, -0.15) is 0 Å². The smallest absolute Gasteiger partial charge is 0.224 e. The molecule has 0 saturated carbocycles. The lowest BCUT2D eigenvalue weighted by Crippen LogP contribution is -2.50. The average molecular weight is 498 g/mol. The highest BCUT2D eigenvalue weighted by molar-refractivity contribution is 5.79. The molecule has 1 aliphatic heterocycles. The van der Waals surface area contributed by atoms with Gasteiger partial charge in [0, 0.05) is 45.6 Å². The number of hydrogen-bond donors (Lipinski definition) is 0. The Labute approximate surface area is 221 Å². The second-order valence-corrected chi connectivity index (χ2v) is 9.81. The summed E-state index contributed by atoms with van der Waals surface area (Å²) < 4.78 is 0. The second-order valence-electron chi connectivity index (χ2n) is 9.81. The second kappa shape index (κ2) is 13.2. The minimum Gasteiger partial charge on any atom is -0.340 e. The number of carbonyl (C=O) groups excluding carboxylic acids is 2. The molecule has 1 unspecified atom stereocenters. The Kier molecular flexibility index (Phi) is 9.50. The third-order valence-corrected chi connectivity index (χ3v) is 7.36. The molecule has 194 valence electrons. The normalized spacial score (nSPS) is 14.9. The first-order valence-electron chi connectivity index (χ1n) is 13.5. The summed E-state index contributed by atoms with van der Waals surface area (Å²) in [5.74, 6) is 0.246. The molecule has 0 N–H and O–H groups in total. The summed E-state index contributed by atoms with van der Waals surface area (Å²) in [6.45, 7) is 7.56. The van der Waals surface area contributed by atoms with Crippen LogP contribution in [0, 0.1) is 0 Å². The highest BCUT2D eigenvalue weighted by Gasteiger charge is 2.29. The van der Waals surface area contributed by atoms with E-state index in [4.69, 9.17) is 0 Å². The van der Waals surface area contributed by atoms with Crippen LogP contribution < -0.4 is 0 Å². The van der Waals surface area contributed by atoms with E-state index in [1.54, 1.807) is 0 Å². The van der Waals surface area contributed by atoms with Gasteiger partial charge >= 0.3 is 0 Å². The SMILES string of the molecule is CCCC(=O)N(CCC(=O)N1CCN(C(c2ccccc2)c2ccccc2)CC1)C(C)c1ccccc1. The molecule has 1 heterocycles. The van der Waals surface area contributed by atoms with Crippen molar-refractivity contribution in [3.8, 4) is 0 Å². The van der Waals surface area contributed by atoms with E-state index in [9.17, 15) is 9.59 Å². The van der Waals surface area contributed by atoms with Crippen LogP contribution in [0.2, 0.25) is 0 Å². The molecule has 0 aromatic heterocycles. The van der Waals surface area contributed by atoms with Crippen LogP contribution in [0.1, 0.15) is 61.9 Å². The molecule has 1 atom stereocenters. The summed E-state index contributed by atoms with van der Waals surface area (Å²) in [4.78, 5) is 32.5. The molecule has 0 aliphatic carbocycles. The Hall–Kier alpha value is -3.44. The number of piperazine rings is 1. The van der Waals surface area contributed by atoms with Crippen molar-refractivity contribution in [2.24, 2.45) is 0 Å². The lowest BCUT2D eigenvalue weighted by atomic mass is 9.96. The van der Waals surface area contributed by atoms with Crippen LogP contribution >= 0.6 is 0 Å². The Morgan fingerprint density at radius 2 is 1.22 bits per heavy atom. The quantitative estimate of drug-likeness (QED) is 0.361. The van der Waals surface area contributed by atoms with Gasteiger partial charge in [-0.1, -0.05) is 97.9 Å². The van der Waals surface area contributed by atoms with Gasteiger partial charge in [0.1, 0.15) is 0 Å². The van der Waals surface area contributed by atoms with Gasteiger partial charge in [0.15, 0.2) is 0 Å². The summed E-state index contributed by atoms with van der Waals surface area (Å²) in [6.07, 6.45) is 1.66. The van der Waals surface area contributed by atoms with Crippen molar-refractivity contribution in [3.63, 3.8) is 0 Å². The van der Waals surface area contributed by atoms with Gasteiger partial charge in [-0.3, -0.25) is 14.5 Å². The van der Waals surface area contributed by atoms with Crippen molar-refractivity contribution < 1.29 is 9.59 Å². The molecule has 37 heavy (non-hydrogen) atoms. The first kappa shape index (κ1) is 26.6. The van der Waals surface area contributed by atoms with Crippen LogP contribution in [0.4, 0.5) is 0 Å². The Morgan fingerprint density at radius 1 is 0.730 bits per heavy atom. The van der Waals surface area contributed by atoms with Crippen molar-refractivity contribution in [2.45, 2.75) is 45.2 Å². The maximum absolute atomic E-state index is 13.2. The lowest BCUT2D eigenvalue weighted by molar-refractivity contribution is -0.137. The monoisotopic (exact) mass is 497 g/mol. The number of rotatable bonds is 10. The van der Waals surface area contributed by atoms with E-state index in [0.29, 0.717) is 32.5 Å². The highest BCUT2D eigenvalue weighted by Crippen LogP contribution is 2.29. The van der Waals surface area contributed by atoms with Crippen molar-refractivity contribution >= 4 is 11.8 Å². The number of amides is 2. The fourth-order valence-corrected chi connectivity index (χ4v) is 5.29. The molecular formula is C32H39N3O2. The minimum absolute atomic E-state index is 0.0533. The van der Waals surface area contributed by atoms with Crippen LogP contribution in [0.25, 0.3) is 0 Å². The van der Waals surface area contributed by atoms with Crippen LogP contribution in [0.3, 0.4) is 0 Å². The summed E-state index contributed by atoms with van der Waals surface area (Å²) >= 11 is 0. The maximum Gasteiger partial charge on any atom is 0.224 e. The van der Waals surface area contributed by atoms with Gasteiger partial charge in [-0.25, -0.2) is 0 Å². The van der Waals surface area contributed by atoms with Crippen LogP contribution in [-0.4, -0.2) is 59.2 Å². The predicted octanol–water partition coefficient (Wildman–Crippen LogP) is 5.70. The number of benzene rings is 3. The van der Waals surface area contributed by atoms with Gasteiger partial charge < -0.3 is 9.80 Å². The lowest BCUT2D eigenvalue weighted by Gasteiger charge is -2.40. The number of nitrogens with zero attached hydrogens (tertiary/aromatic N) is 3. The third kappa shape index (κ3) is 6.86. The van der Waals surface area contributed by atoms with Crippen LogP contribution in [0.5, 0.6) is 0 Å². The zero-order valence-corrected chi connectivity index (χ0v) is 22.1. The minimum atomic E-state index is -0.0533. The standard InChI is InChI=1S/C32H39N3O2/c1-3-13-31(37)35(26(2)27-14-7-4-8-15-27)21-20-30(36)33-22-24-34(25-23-33)32(28-16-9-5-10-17-28)29-18-11-6-12-19-29/h4-12,14-19,26,32H,3,13,20-25H2,1-2H3. The Morgan fingerprint density at radius 3 is 1.70 bits per heavy atom. The van der Waals surface area contributed by atoms with Crippen molar-refractivity contribution in [1.82, 2.24) is 14.7 Å². The third-order valence-electron chi connectivity index (χ3n) is 7.36. The van der Waals surface area contributed by atoms with E-state index in [1.807, 2.05) is 47.1 Å². The Balaban J connectivity index is 1.38. The van der Waals surface area contributed by atoms with Gasteiger partial charge in [-0.05, 0) is 30.0 Å². The molecule has 0 spiro atoms. The first-order chi connectivity index (χ1) is 18.1. The predicted molar refractivity (Wildman–Crippen MR) is 149 cm³/mol. The molecule has 5 nitrogen and oxygen atoms in total. The maximum atomic E-state index is 13.2. The summed E-state index contributed by atoms with van der Waals surface area (Å²) in [7, 11) is 0. The molecule has 4 rings (SSSR count). The van der Waals surface area contributed by atoms with E-state index >= 15 is 0 Å². The van der Waals surface area contributed by atoms with Crippen molar-refractivity contribution in [2.75, 3.05) is 32.7 Å². The largest absolute Gasteiger partial charge is 0.340 e. The molecule has 5 heteroatoms. The average Bonchev–Trinajstić information content (AvgIpc) is 2.95. The van der Waals surface area contributed by atoms with Gasteiger partial charge in [0.25, 0.3) is 0 Å². The summed E-state index contributed by atoms with van der Waals surface area (Å²) in [5.41, 5.74) is 3.64. The molecule has 2 amide bonds. The molecule has 0 bridgehead atoms. The number of hydrogen-bond acceptors (Lipinski definition) is 3. The summed E-state index contributed by atoms with van der Waals surface area (Å²) in [6, 6.07) is 31.4. The van der Waals surface area contributed by atoms with Gasteiger partial charge in [-0.15, -0.1) is 0 Å². The topological polar surface area (TPSA) is 43.9 Å². The van der Waals surface area contributed by atoms with Crippen LogP contribution in [-0.2, 0) is 9.59 Å². The van der Waals surface area contributed by atoms with Crippen molar-refractivity contribution in [3.05, 3.63) is 108 Å². The van der Waals surface area contributed by atoms with Gasteiger partial charge in [0.05, 0.1) is 12.1 Å². The zero-order chi connectivity index (χ0) is 26.0. The molecule has 1 saturated heterocycles. The van der Waals surface area contributed by atoms with Crippen LogP contribution in [0.15, 0.2) is 91.0 Å². The van der Waals surface area contributed by atoms with E-state index < -0.39 is 0 Å². The molecule has 1 fully saturated rings. The van der Waals surface area contributed by atoms with E-state index in [0.717, 1.165) is 25.1 Å². The molecular weight excluding hydrogens is 458 g/mol. The number of carbonyl (C=O) groups is 2. The Bertz CT molecular complexity index is 1070. The molecule has 1 aliphatic rings. The molecule has 0 radical (unpaired) electrons. The molecule has 3 aromatic rings. The van der Waals surface area contributed by atoms with Crippen molar-refractivity contribution in [1.29, 1.82) is 0 Å². The highest BCUT2D eigenvalue weighted by atomic mass is 16.2. The summed E-state index contributed by atoms with van der Waals surface area (Å²) in [5, 5.41) is 0. The fraction of sp³-hybridized carbons (Fsp3) is 0.375. The van der Waals surface area contributed by atoms with Gasteiger partial charge in [0.2, 0.25) is 11.8 Å². The van der Waals surface area contributed by atoms with E-state index in [-0.39, 0.29) is 23.9 Å². The zero-order valence-electron chi connectivity index (χ0n) is 22.1. The van der Waals surface area contributed by atoms with E-state index in [2.05, 4.69) is 72.5 Å².